The Hall–Kier alpha value is -1.99. The minimum absolute atomic E-state index is 0.0386. The van der Waals surface area contributed by atoms with Crippen LogP contribution in [0, 0.1) is 0 Å². The van der Waals surface area contributed by atoms with Crippen LogP contribution in [0.1, 0.15) is 12.6 Å². The van der Waals surface area contributed by atoms with Crippen LogP contribution in [0.15, 0.2) is 12.3 Å². The number of aromatic nitrogens is 1. The molecule has 5 nitrogen and oxygen atoms in total. The molecule has 1 aromatic rings. The molecular weight excluding hydrogens is 273 g/mol. The summed E-state index contributed by atoms with van der Waals surface area (Å²) in [7, 11) is 0. The lowest BCUT2D eigenvalue weighted by Gasteiger charge is -2.36. The Bertz CT molecular complexity index is 510. The summed E-state index contributed by atoms with van der Waals surface area (Å²) in [5.41, 5.74) is 5.26. The summed E-state index contributed by atoms with van der Waals surface area (Å²) in [5.74, 6) is -0.0386. The van der Waals surface area contributed by atoms with E-state index >= 15 is 0 Å². The maximum absolute atomic E-state index is 12.7. The molecule has 2 rings (SSSR count). The Morgan fingerprint density at radius 3 is 2.40 bits per heavy atom. The van der Waals surface area contributed by atoms with Crippen molar-refractivity contribution in [1.82, 2.24) is 9.88 Å². The van der Waals surface area contributed by atoms with Crippen LogP contribution in [0.25, 0.3) is 0 Å². The molecule has 0 bridgehead atoms. The Balaban J connectivity index is 2.19. The van der Waals surface area contributed by atoms with Gasteiger partial charge in [-0.1, -0.05) is 0 Å². The molecule has 0 radical (unpaired) electrons. The minimum Gasteiger partial charge on any atom is -0.396 e. The number of rotatable bonds is 1. The molecule has 1 aliphatic heterocycles. The molecule has 8 heteroatoms. The molecule has 2 heterocycles. The van der Waals surface area contributed by atoms with E-state index in [9.17, 15) is 18.0 Å². The number of nitrogens with zero attached hydrogens (tertiary/aromatic N) is 3. The zero-order valence-corrected chi connectivity index (χ0v) is 10.9. The van der Waals surface area contributed by atoms with E-state index in [4.69, 9.17) is 5.73 Å². The number of amides is 1. The maximum atomic E-state index is 12.7. The van der Waals surface area contributed by atoms with E-state index < -0.39 is 11.9 Å². The van der Waals surface area contributed by atoms with Crippen LogP contribution >= 0.6 is 0 Å². The summed E-state index contributed by atoms with van der Waals surface area (Å²) in [6, 6.07) is 0.957. The van der Waals surface area contributed by atoms with Crippen molar-refractivity contribution in [2.75, 3.05) is 36.8 Å². The predicted molar refractivity (Wildman–Crippen MR) is 68.1 cm³/mol. The van der Waals surface area contributed by atoms with Gasteiger partial charge in [0.25, 0.3) is 0 Å². The number of anilines is 2. The molecule has 0 atom stereocenters. The summed E-state index contributed by atoms with van der Waals surface area (Å²) < 4.78 is 38.0. The topological polar surface area (TPSA) is 62.5 Å². The summed E-state index contributed by atoms with van der Waals surface area (Å²) in [4.78, 5) is 17.9. The molecule has 1 aliphatic rings. The van der Waals surface area contributed by atoms with E-state index in [1.54, 1.807) is 9.80 Å². The highest BCUT2D eigenvalue weighted by molar-refractivity contribution is 5.74. The first-order valence-electron chi connectivity index (χ1n) is 6.12. The third kappa shape index (κ3) is 2.94. The number of nitrogens with two attached hydrogens (primary N) is 1. The first-order valence-corrected chi connectivity index (χ1v) is 6.12. The summed E-state index contributed by atoms with van der Waals surface area (Å²) in [6.07, 6.45) is -3.47. The lowest BCUT2D eigenvalue weighted by molar-refractivity contribution is -0.141. The van der Waals surface area contributed by atoms with Gasteiger partial charge in [-0.3, -0.25) is 4.79 Å². The highest BCUT2D eigenvalue weighted by Crippen LogP contribution is 2.33. The smallest absolute Gasteiger partial charge is 0.396 e. The molecule has 0 aliphatic carbocycles. The molecule has 1 amide bonds. The Labute approximate surface area is 114 Å². The van der Waals surface area contributed by atoms with Crippen molar-refractivity contribution >= 4 is 17.3 Å². The normalized spacial score (nSPS) is 16.4. The fourth-order valence-electron chi connectivity index (χ4n) is 2.15. The average molecular weight is 288 g/mol. The molecule has 2 N–H and O–H groups in total. The van der Waals surface area contributed by atoms with Gasteiger partial charge in [0.05, 0.1) is 17.6 Å². The summed E-state index contributed by atoms with van der Waals surface area (Å²) in [5, 5.41) is 0. The first kappa shape index (κ1) is 14.4. The first-order chi connectivity index (χ1) is 9.29. The van der Waals surface area contributed by atoms with Crippen LogP contribution in [0.3, 0.4) is 0 Å². The molecular formula is C12H15F3N4O. The quantitative estimate of drug-likeness (QED) is 0.847. The van der Waals surface area contributed by atoms with Gasteiger partial charge in [-0.25, -0.2) is 4.98 Å². The number of carbonyl (C=O) groups excluding carboxylic acids is 1. The SMILES string of the molecule is CC(=O)N1CCN(c2cc(C(F)(F)F)ncc2N)CC1. The van der Waals surface area contributed by atoms with Crippen LogP contribution in [0.2, 0.25) is 0 Å². The van der Waals surface area contributed by atoms with Crippen molar-refractivity contribution in [3.63, 3.8) is 0 Å². The molecule has 0 aromatic carbocycles. The van der Waals surface area contributed by atoms with E-state index in [-0.39, 0.29) is 11.6 Å². The third-order valence-electron chi connectivity index (χ3n) is 3.27. The number of carbonyl (C=O) groups is 1. The van der Waals surface area contributed by atoms with Gasteiger partial charge in [-0.05, 0) is 6.07 Å². The number of pyridine rings is 1. The average Bonchev–Trinajstić information content (AvgIpc) is 2.38. The number of hydrogen-bond acceptors (Lipinski definition) is 4. The summed E-state index contributed by atoms with van der Waals surface area (Å²) >= 11 is 0. The molecule has 1 saturated heterocycles. The zero-order valence-electron chi connectivity index (χ0n) is 10.9. The van der Waals surface area contributed by atoms with Crippen molar-refractivity contribution in [2.24, 2.45) is 0 Å². The van der Waals surface area contributed by atoms with Gasteiger partial charge in [-0.2, -0.15) is 13.2 Å². The highest BCUT2D eigenvalue weighted by Gasteiger charge is 2.33. The van der Waals surface area contributed by atoms with Crippen LogP contribution < -0.4 is 10.6 Å². The van der Waals surface area contributed by atoms with Gasteiger partial charge in [0.15, 0.2) is 0 Å². The van der Waals surface area contributed by atoms with Crippen LogP contribution in [0.4, 0.5) is 24.5 Å². The molecule has 20 heavy (non-hydrogen) atoms. The fourth-order valence-corrected chi connectivity index (χ4v) is 2.15. The van der Waals surface area contributed by atoms with Gasteiger partial charge in [-0.15, -0.1) is 0 Å². The van der Waals surface area contributed by atoms with Crippen molar-refractivity contribution in [3.05, 3.63) is 18.0 Å². The van der Waals surface area contributed by atoms with Crippen molar-refractivity contribution < 1.29 is 18.0 Å². The standard InChI is InChI=1S/C12H15F3N4O/c1-8(20)18-2-4-19(5-3-18)10-6-11(12(13,14)15)17-7-9(10)16/h6-7H,2-5,16H2,1H3. The predicted octanol–water partition coefficient (Wildman–Crippen LogP) is 1.35. The molecule has 0 unspecified atom stereocenters. The number of piperazine rings is 1. The van der Waals surface area contributed by atoms with Crippen molar-refractivity contribution in [2.45, 2.75) is 13.1 Å². The van der Waals surface area contributed by atoms with E-state index in [2.05, 4.69) is 4.98 Å². The van der Waals surface area contributed by atoms with Crippen molar-refractivity contribution in [1.29, 1.82) is 0 Å². The second kappa shape index (κ2) is 5.18. The van der Waals surface area contributed by atoms with E-state index in [1.807, 2.05) is 0 Å². The second-order valence-corrected chi connectivity index (χ2v) is 4.62. The van der Waals surface area contributed by atoms with Crippen molar-refractivity contribution in [3.8, 4) is 0 Å². The lowest BCUT2D eigenvalue weighted by atomic mass is 10.2. The van der Waals surface area contributed by atoms with E-state index in [1.165, 1.54) is 6.92 Å². The van der Waals surface area contributed by atoms with Gasteiger partial charge in [0.1, 0.15) is 5.69 Å². The highest BCUT2D eigenvalue weighted by atomic mass is 19.4. The van der Waals surface area contributed by atoms with Crippen LogP contribution in [-0.2, 0) is 11.0 Å². The van der Waals surface area contributed by atoms with E-state index in [0.29, 0.717) is 31.9 Å². The lowest BCUT2D eigenvalue weighted by Crippen LogP contribution is -2.48. The maximum Gasteiger partial charge on any atom is 0.433 e. The van der Waals surface area contributed by atoms with E-state index in [0.717, 1.165) is 12.3 Å². The third-order valence-corrected chi connectivity index (χ3v) is 3.27. The largest absolute Gasteiger partial charge is 0.433 e. The zero-order chi connectivity index (χ0) is 14.9. The van der Waals surface area contributed by atoms with Gasteiger partial charge in [0, 0.05) is 33.1 Å². The number of halogens is 3. The fraction of sp³-hybridized carbons (Fsp3) is 0.500. The van der Waals surface area contributed by atoms with Crippen LogP contribution in [-0.4, -0.2) is 42.0 Å². The Morgan fingerprint density at radius 1 is 1.30 bits per heavy atom. The molecule has 0 saturated carbocycles. The number of nitrogen functional groups attached to an aromatic ring is 1. The van der Waals surface area contributed by atoms with Gasteiger partial charge in [0.2, 0.25) is 5.91 Å². The number of hydrogen-bond donors (Lipinski definition) is 1. The molecule has 1 aromatic heterocycles. The molecule has 0 spiro atoms. The molecule has 1 fully saturated rings. The monoisotopic (exact) mass is 288 g/mol. The summed E-state index contributed by atoms with van der Waals surface area (Å²) in [6.45, 7) is 3.31. The number of alkyl halides is 3. The Morgan fingerprint density at radius 2 is 1.90 bits per heavy atom. The molecule has 110 valence electrons. The minimum atomic E-state index is -4.50. The van der Waals surface area contributed by atoms with Gasteiger partial charge >= 0.3 is 6.18 Å². The Kier molecular flexibility index (Phi) is 3.74. The second-order valence-electron chi connectivity index (χ2n) is 4.62. The van der Waals surface area contributed by atoms with Crippen LogP contribution in [0.5, 0.6) is 0 Å². The van der Waals surface area contributed by atoms with Gasteiger partial charge < -0.3 is 15.5 Å².